The van der Waals surface area contributed by atoms with E-state index in [0.29, 0.717) is 29.4 Å². The van der Waals surface area contributed by atoms with Gasteiger partial charge in [-0.15, -0.1) is 0 Å². The molecule has 0 unspecified atom stereocenters. The quantitative estimate of drug-likeness (QED) is 0.280. The third-order valence-electron chi connectivity index (χ3n) is 3.74. The fourth-order valence-corrected chi connectivity index (χ4v) is 2.42. The lowest BCUT2D eigenvalue weighted by Crippen LogP contribution is -2.03. The lowest BCUT2D eigenvalue weighted by atomic mass is 10.2. The number of carbonyl (C=O) groups excluding carboxylic acids is 1. The molecule has 0 spiro atoms. The predicted octanol–water partition coefficient (Wildman–Crippen LogP) is 3.77. The second-order valence-corrected chi connectivity index (χ2v) is 5.54. The van der Waals surface area contributed by atoms with Gasteiger partial charge in [0.25, 0.3) is 5.69 Å². The molecule has 2 aromatic rings. The van der Waals surface area contributed by atoms with Crippen LogP contribution in [0.15, 0.2) is 42.5 Å². The van der Waals surface area contributed by atoms with Gasteiger partial charge >= 0.3 is 5.97 Å². The van der Waals surface area contributed by atoms with Crippen molar-refractivity contribution < 1.29 is 28.7 Å². The van der Waals surface area contributed by atoms with Gasteiger partial charge in [0, 0.05) is 23.8 Å². The van der Waals surface area contributed by atoms with Crippen LogP contribution >= 0.6 is 0 Å². The lowest BCUT2D eigenvalue weighted by Gasteiger charge is -2.09. The zero-order valence-corrected chi connectivity index (χ0v) is 15.8. The molecule has 8 nitrogen and oxygen atoms in total. The molecule has 0 aromatic heterocycles. The molecule has 8 heteroatoms. The standard InChI is InChI=1S/C20H21NO7/c1-4-27-18-8-5-14(11-19(18)26-3)6-10-20(22)28-13-15-12-16(21(23)24)7-9-17(15)25-2/h5-12H,4,13H2,1-3H3/b10-6+. The highest BCUT2D eigenvalue weighted by Crippen LogP contribution is 2.28. The highest BCUT2D eigenvalue weighted by Gasteiger charge is 2.12. The number of hydrogen-bond donors (Lipinski definition) is 0. The summed E-state index contributed by atoms with van der Waals surface area (Å²) < 4.78 is 21.0. The first-order chi connectivity index (χ1) is 13.5. The summed E-state index contributed by atoms with van der Waals surface area (Å²) in [4.78, 5) is 22.4. The molecule has 0 saturated heterocycles. The number of nitro groups is 1. The third-order valence-corrected chi connectivity index (χ3v) is 3.74. The van der Waals surface area contributed by atoms with Crippen LogP contribution in [0.5, 0.6) is 17.2 Å². The Morgan fingerprint density at radius 3 is 2.43 bits per heavy atom. The Kier molecular flexibility index (Phi) is 7.38. The van der Waals surface area contributed by atoms with Gasteiger partial charge in [0.2, 0.25) is 0 Å². The summed E-state index contributed by atoms with van der Waals surface area (Å²) in [5.41, 5.74) is 1.02. The van der Waals surface area contributed by atoms with E-state index in [1.807, 2.05) is 6.92 Å². The molecule has 0 aliphatic rings. The van der Waals surface area contributed by atoms with Gasteiger partial charge in [-0.3, -0.25) is 10.1 Å². The number of rotatable bonds is 9. The van der Waals surface area contributed by atoms with E-state index in [9.17, 15) is 14.9 Å². The van der Waals surface area contributed by atoms with Crippen molar-refractivity contribution in [1.82, 2.24) is 0 Å². The van der Waals surface area contributed by atoms with E-state index in [-0.39, 0.29) is 12.3 Å². The maximum Gasteiger partial charge on any atom is 0.331 e. The molecule has 2 rings (SSSR count). The average Bonchev–Trinajstić information content (AvgIpc) is 2.71. The van der Waals surface area contributed by atoms with Crippen LogP contribution in [0.2, 0.25) is 0 Å². The number of nitro benzene ring substituents is 1. The van der Waals surface area contributed by atoms with Gasteiger partial charge in [0.1, 0.15) is 12.4 Å². The number of benzene rings is 2. The highest BCUT2D eigenvalue weighted by molar-refractivity contribution is 5.87. The maximum absolute atomic E-state index is 12.0. The number of carbonyl (C=O) groups is 1. The molecule has 0 N–H and O–H groups in total. The van der Waals surface area contributed by atoms with Crippen molar-refractivity contribution in [1.29, 1.82) is 0 Å². The van der Waals surface area contributed by atoms with Gasteiger partial charge in [0.05, 0.1) is 25.7 Å². The highest BCUT2D eigenvalue weighted by atomic mass is 16.6. The number of hydrogen-bond acceptors (Lipinski definition) is 7. The van der Waals surface area contributed by atoms with Crippen molar-refractivity contribution in [2.45, 2.75) is 13.5 Å². The number of methoxy groups -OCH3 is 2. The molecule has 0 radical (unpaired) electrons. The monoisotopic (exact) mass is 387 g/mol. The molecule has 0 aliphatic heterocycles. The minimum atomic E-state index is -0.596. The summed E-state index contributed by atoms with van der Waals surface area (Å²) in [6.07, 6.45) is 2.84. The van der Waals surface area contributed by atoms with Crippen LogP contribution in [0.25, 0.3) is 6.08 Å². The lowest BCUT2D eigenvalue weighted by molar-refractivity contribution is -0.385. The first kappa shape index (κ1) is 20.8. The normalized spacial score (nSPS) is 10.5. The summed E-state index contributed by atoms with van der Waals surface area (Å²) in [5.74, 6) is 0.973. The molecule has 0 fully saturated rings. The first-order valence-corrected chi connectivity index (χ1v) is 8.45. The largest absolute Gasteiger partial charge is 0.496 e. The van der Waals surface area contributed by atoms with E-state index in [1.165, 1.54) is 38.5 Å². The van der Waals surface area contributed by atoms with E-state index in [2.05, 4.69) is 0 Å². The molecular formula is C20H21NO7. The van der Waals surface area contributed by atoms with Crippen LogP contribution in [0, 0.1) is 10.1 Å². The van der Waals surface area contributed by atoms with E-state index >= 15 is 0 Å². The zero-order valence-electron chi connectivity index (χ0n) is 15.8. The summed E-state index contributed by atoms with van der Waals surface area (Å²) in [6.45, 7) is 2.24. The molecule has 0 atom stereocenters. The summed E-state index contributed by atoms with van der Waals surface area (Å²) in [5, 5.41) is 10.9. The van der Waals surface area contributed by atoms with Crippen LogP contribution < -0.4 is 14.2 Å². The zero-order chi connectivity index (χ0) is 20.5. The summed E-state index contributed by atoms with van der Waals surface area (Å²) in [7, 11) is 2.97. The van der Waals surface area contributed by atoms with Crippen molar-refractivity contribution in [3.8, 4) is 17.2 Å². The van der Waals surface area contributed by atoms with Crippen LogP contribution in [-0.2, 0) is 16.1 Å². The van der Waals surface area contributed by atoms with E-state index in [4.69, 9.17) is 18.9 Å². The fraction of sp³-hybridized carbons (Fsp3) is 0.250. The first-order valence-electron chi connectivity index (χ1n) is 8.45. The molecular weight excluding hydrogens is 366 g/mol. The molecule has 2 aromatic carbocycles. The van der Waals surface area contributed by atoms with E-state index in [1.54, 1.807) is 24.3 Å². The van der Waals surface area contributed by atoms with E-state index < -0.39 is 10.9 Å². The summed E-state index contributed by atoms with van der Waals surface area (Å²) in [6, 6.07) is 9.36. The summed E-state index contributed by atoms with van der Waals surface area (Å²) >= 11 is 0. The number of ether oxygens (including phenoxy) is 4. The molecule has 0 amide bonds. The Balaban J connectivity index is 2.04. The second kappa shape index (κ2) is 9.96. The van der Waals surface area contributed by atoms with Gasteiger partial charge in [-0.05, 0) is 36.8 Å². The average molecular weight is 387 g/mol. The van der Waals surface area contributed by atoms with Gasteiger partial charge < -0.3 is 18.9 Å². The van der Waals surface area contributed by atoms with Crippen molar-refractivity contribution in [2.75, 3.05) is 20.8 Å². The van der Waals surface area contributed by atoms with Crippen LogP contribution in [-0.4, -0.2) is 31.7 Å². The Morgan fingerprint density at radius 2 is 1.79 bits per heavy atom. The van der Waals surface area contributed by atoms with E-state index in [0.717, 1.165) is 5.56 Å². The van der Waals surface area contributed by atoms with Crippen LogP contribution in [0.4, 0.5) is 5.69 Å². The minimum absolute atomic E-state index is 0.108. The van der Waals surface area contributed by atoms with Gasteiger partial charge in [-0.25, -0.2) is 4.79 Å². The third kappa shape index (κ3) is 5.47. The molecule has 148 valence electrons. The smallest absolute Gasteiger partial charge is 0.331 e. The Bertz CT molecular complexity index is 877. The Labute approximate surface area is 162 Å². The molecule has 28 heavy (non-hydrogen) atoms. The van der Waals surface area contributed by atoms with Crippen molar-refractivity contribution in [3.05, 3.63) is 63.7 Å². The van der Waals surface area contributed by atoms with Crippen molar-refractivity contribution >= 4 is 17.7 Å². The topological polar surface area (TPSA) is 97.1 Å². The Hall–Kier alpha value is -3.55. The molecule has 0 heterocycles. The number of nitrogens with zero attached hydrogens (tertiary/aromatic N) is 1. The Morgan fingerprint density at radius 1 is 1.07 bits per heavy atom. The second-order valence-electron chi connectivity index (χ2n) is 5.54. The number of esters is 1. The predicted molar refractivity (Wildman–Crippen MR) is 103 cm³/mol. The van der Waals surface area contributed by atoms with Crippen molar-refractivity contribution in [2.24, 2.45) is 0 Å². The number of non-ortho nitro benzene ring substituents is 1. The van der Waals surface area contributed by atoms with Crippen molar-refractivity contribution in [3.63, 3.8) is 0 Å². The van der Waals surface area contributed by atoms with Gasteiger partial charge in [-0.1, -0.05) is 6.07 Å². The molecule has 0 saturated carbocycles. The van der Waals surface area contributed by atoms with Crippen LogP contribution in [0.3, 0.4) is 0 Å². The molecule has 0 bridgehead atoms. The fourth-order valence-electron chi connectivity index (χ4n) is 2.42. The van der Waals surface area contributed by atoms with Gasteiger partial charge in [0.15, 0.2) is 11.5 Å². The minimum Gasteiger partial charge on any atom is -0.496 e. The van der Waals surface area contributed by atoms with Crippen LogP contribution in [0.1, 0.15) is 18.1 Å². The SMILES string of the molecule is CCOc1ccc(/C=C/C(=O)OCc2cc([N+](=O)[O-])ccc2OC)cc1OC. The molecule has 0 aliphatic carbocycles. The maximum atomic E-state index is 12.0. The van der Waals surface area contributed by atoms with Gasteiger partial charge in [-0.2, -0.15) is 0 Å².